The molecule has 0 saturated heterocycles. The molecular weight excluding hydrogens is 234 g/mol. The molecule has 3 N–H and O–H groups in total. The molecular formula is C13H14ClN3. The third-order valence-electron chi connectivity index (χ3n) is 2.47. The fourth-order valence-corrected chi connectivity index (χ4v) is 1.82. The van der Waals surface area contributed by atoms with Crippen LogP contribution in [0.1, 0.15) is 11.3 Å². The normalized spacial score (nSPS) is 10.2. The summed E-state index contributed by atoms with van der Waals surface area (Å²) in [7, 11) is 0. The van der Waals surface area contributed by atoms with Gasteiger partial charge in [0.25, 0.3) is 0 Å². The minimum Gasteiger partial charge on any atom is -0.395 e. The second-order valence-corrected chi connectivity index (χ2v) is 4.21. The van der Waals surface area contributed by atoms with E-state index in [-0.39, 0.29) is 0 Å². The summed E-state index contributed by atoms with van der Waals surface area (Å²) in [6.07, 6.45) is 0. The van der Waals surface area contributed by atoms with Gasteiger partial charge in [0.2, 0.25) is 0 Å². The summed E-state index contributed by atoms with van der Waals surface area (Å²) >= 11 is 5.92. The molecule has 0 atom stereocenters. The van der Waals surface area contributed by atoms with Crippen molar-refractivity contribution in [1.82, 2.24) is 4.98 Å². The quantitative estimate of drug-likeness (QED) is 0.819. The summed E-state index contributed by atoms with van der Waals surface area (Å²) in [6.45, 7) is 2.60. The van der Waals surface area contributed by atoms with Crippen molar-refractivity contribution in [3.05, 3.63) is 52.8 Å². The van der Waals surface area contributed by atoms with Crippen molar-refractivity contribution < 1.29 is 0 Å². The number of rotatable bonds is 3. The van der Waals surface area contributed by atoms with Crippen LogP contribution in [0.15, 0.2) is 36.4 Å². The number of anilines is 2. The van der Waals surface area contributed by atoms with E-state index in [9.17, 15) is 0 Å². The number of benzene rings is 1. The summed E-state index contributed by atoms with van der Waals surface area (Å²) in [5.41, 5.74) is 9.22. The molecule has 2 aromatic rings. The minimum absolute atomic E-state index is 0.348. The number of aromatic nitrogens is 1. The summed E-state index contributed by atoms with van der Waals surface area (Å²) in [4.78, 5) is 4.09. The smallest absolute Gasteiger partial charge is 0.154 e. The molecule has 0 aliphatic heterocycles. The SMILES string of the molecule is Cc1cc(NCc2ccccc2)c(N)c(Cl)n1. The van der Waals surface area contributed by atoms with Crippen molar-refractivity contribution >= 4 is 23.0 Å². The Bertz CT molecular complexity index is 512. The Hall–Kier alpha value is -1.74. The van der Waals surface area contributed by atoms with Gasteiger partial charge in [-0.15, -0.1) is 0 Å². The number of hydrogen-bond donors (Lipinski definition) is 2. The zero-order valence-corrected chi connectivity index (χ0v) is 10.3. The minimum atomic E-state index is 0.348. The highest BCUT2D eigenvalue weighted by Gasteiger charge is 2.05. The van der Waals surface area contributed by atoms with E-state index in [0.717, 1.165) is 11.4 Å². The van der Waals surface area contributed by atoms with Gasteiger partial charge < -0.3 is 11.1 Å². The summed E-state index contributed by atoms with van der Waals surface area (Å²) < 4.78 is 0. The lowest BCUT2D eigenvalue weighted by Gasteiger charge is -2.11. The largest absolute Gasteiger partial charge is 0.395 e. The highest BCUT2D eigenvalue weighted by atomic mass is 35.5. The van der Waals surface area contributed by atoms with Crippen LogP contribution in [0.3, 0.4) is 0 Å². The lowest BCUT2D eigenvalue weighted by Crippen LogP contribution is -2.04. The topological polar surface area (TPSA) is 50.9 Å². The average molecular weight is 248 g/mol. The fraction of sp³-hybridized carbons (Fsp3) is 0.154. The van der Waals surface area contributed by atoms with Crippen LogP contribution in [0.2, 0.25) is 5.15 Å². The number of nitrogens with one attached hydrogen (secondary N) is 1. The van der Waals surface area contributed by atoms with E-state index in [0.29, 0.717) is 17.4 Å². The standard InChI is InChI=1S/C13H14ClN3/c1-9-7-11(12(15)13(14)17-9)16-8-10-5-3-2-4-6-10/h2-7H,8,15H2,1H3,(H,16,17). The van der Waals surface area contributed by atoms with Crippen molar-refractivity contribution in [2.45, 2.75) is 13.5 Å². The molecule has 2 rings (SSSR count). The number of nitrogen functional groups attached to an aromatic ring is 1. The Morgan fingerprint density at radius 1 is 1.29 bits per heavy atom. The maximum atomic E-state index is 5.92. The van der Waals surface area contributed by atoms with Crippen LogP contribution in [-0.4, -0.2) is 4.98 Å². The Labute approximate surface area is 106 Å². The third kappa shape index (κ3) is 2.88. The first-order valence-electron chi connectivity index (χ1n) is 5.37. The molecule has 0 saturated carbocycles. The van der Waals surface area contributed by atoms with Crippen LogP contribution in [0.4, 0.5) is 11.4 Å². The lowest BCUT2D eigenvalue weighted by atomic mass is 10.2. The van der Waals surface area contributed by atoms with Crippen molar-refractivity contribution in [2.24, 2.45) is 0 Å². The second kappa shape index (κ2) is 5.06. The summed E-state index contributed by atoms with van der Waals surface area (Å²) in [5, 5.41) is 3.61. The summed E-state index contributed by atoms with van der Waals surface area (Å²) in [6, 6.07) is 12.0. The highest BCUT2D eigenvalue weighted by molar-refractivity contribution is 6.32. The maximum Gasteiger partial charge on any atom is 0.154 e. The number of hydrogen-bond acceptors (Lipinski definition) is 3. The van der Waals surface area contributed by atoms with Gasteiger partial charge in [0, 0.05) is 12.2 Å². The van der Waals surface area contributed by atoms with E-state index in [1.165, 1.54) is 5.56 Å². The zero-order valence-electron chi connectivity index (χ0n) is 9.57. The van der Waals surface area contributed by atoms with E-state index >= 15 is 0 Å². The van der Waals surface area contributed by atoms with E-state index < -0.39 is 0 Å². The molecule has 3 nitrogen and oxygen atoms in total. The van der Waals surface area contributed by atoms with Crippen LogP contribution in [-0.2, 0) is 6.54 Å². The van der Waals surface area contributed by atoms with Gasteiger partial charge in [-0.05, 0) is 18.6 Å². The van der Waals surface area contributed by atoms with Crippen LogP contribution >= 0.6 is 11.6 Å². The van der Waals surface area contributed by atoms with Crippen LogP contribution in [0, 0.1) is 6.92 Å². The van der Waals surface area contributed by atoms with Crippen LogP contribution in [0.5, 0.6) is 0 Å². The fourth-order valence-electron chi connectivity index (χ4n) is 1.58. The molecule has 88 valence electrons. The van der Waals surface area contributed by atoms with Crippen molar-refractivity contribution in [3.8, 4) is 0 Å². The van der Waals surface area contributed by atoms with Gasteiger partial charge in [-0.3, -0.25) is 0 Å². The van der Waals surface area contributed by atoms with Crippen molar-refractivity contribution in [2.75, 3.05) is 11.1 Å². The predicted octanol–water partition coefficient (Wildman–Crippen LogP) is 3.24. The zero-order chi connectivity index (χ0) is 12.3. The molecule has 1 aromatic carbocycles. The molecule has 0 aliphatic carbocycles. The monoisotopic (exact) mass is 247 g/mol. The van der Waals surface area contributed by atoms with Gasteiger partial charge >= 0.3 is 0 Å². The number of halogens is 1. The number of pyridine rings is 1. The molecule has 1 aromatic heterocycles. The molecule has 1 heterocycles. The molecule has 0 unspecified atom stereocenters. The second-order valence-electron chi connectivity index (χ2n) is 3.85. The summed E-state index contributed by atoms with van der Waals surface area (Å²) in [5.74, 6) is 0. The number of aryl methyl sites for hydroxylation is 1. The molecule has 0 fully saturated rings. The first-order valence-corrected chi connectivity index (χ1v) is 5.75. The first kappa shape index (κ1) is 11.7. The molecule has 0 spiro atoms. The van der Waals surface area contributed by atoms with E-state index in [1.54, 1.807) is 0 Å². The van der Waals surface area contributed by atoms with Crippen molar-refractivity contribution in [1.29, 1.82) is 0 Å². The molecule has 4 heteroatoms. The maximum absolute atomic E-state index is 5.92. The Morgan fingerprint density at radius 2 is 2.00 bits per heavy atom. The van der Waals surface area contributed by atoms with Crippen LogP contribution < -0.4 is 11.1 Å². The van der Waals surface area contributed by atoms with Gasteiger partial charge in [0.15, 0.2) is 5.15 Å². The average Bonchev–Trinajstić information content (AvgIpc) is 2.33. The predicted molar refractivity (Wildman–Crippen MR) is 72.2 cm³/mol. The molecule has 0 bridgehead atoms. The molecule has 0 amide bonds. The van der Waals surface area contributed by atoms with Gasteiger partial charge in [-0.2, -0.15) is 0 Å². The first-order chi connectivity index (χ1) is 8.16. The van der Waals surface area contributed by atoms with E-state index in [4.69, 9.17) is 17.3 Å². The number of nitrogens with zero attached hydrogens (tertiary/aromatic N) is 1. The van der Waals surface area contributed by atoms with Gasteiger partial charge in [0.1, 0.15) is 0 Å². The van der Waals surface area contributed by atoms with Gasteiger partial charge in [0.05, 0.1) is 11.4 Å². The molecule has 0 aliphatic rings. The molecule has 17 heavy (non-hydrogen) atoms. The van der Waals surface area contributed by atoms with Gasteiger partial charge in [-0.1, -0.05) is 41.9 Å². The van der Waals surface area contributed by atoms with Crippen LogP contribution in [0.25, 0.3) is 0 Å². The number of nitrogens with two attached hydrogens (primary N) is 1. The van der Waals surface area contributed by atoms with Gasteiger partial charge in [-0.25, -0.2) is 4.98 Å². The third-order valence-corrected chi connectivity index (χ3v) is 2.75. The Morgan fingerprint density at radius 3 is 2.71 bits per heavy atom. The Balaban J connectivity index is 2.14. The van der Waals surface area contributed by atoms with Crippen molar-refractivity contribution in [3.63, 3.8) is 0 Å². The lowest BCUT2D eigenvalue weighted by molar-refractivity contribution is 1.13. The van der Waals surface area contributed by atoms with E-state index in [2.05, 4.69) is 22.4 Å². The van der Waals surface area contributed by atoms with E-state index in [1.807, 2.05) is 31.2 Å². The highest BCUT2D eigenvalue weighted by Crippen LogP contribution is 2.26. The molecule has 0 radical (unpaired) electrons. The Kier molecular flexibility index (Phi) is 3.49.